The fourth-order valence-corrected chi connectivity index (χ4v) is 3.78. The summed E-state index contributed by atoms with van der Waals surface area (Å²) >= 11 is 3.31. The van der Waals surface area contributed by atoms with Crippen molar-refractivity contribution in [3.05, 3.63) is 6.33 Å². The summed E-state index contributed by atoms with van der Waals surface area (Å²) in [5.74, 6) is 0.916. The Hall–Kier alpha value is -0.920. The first-order chi connectivity index (χ1) is 9.81. The first kappa shape index (κ1) is 14.0. The number of thiazole rings is 1. The van der Waals surface area contributed by atoms with Crippen LogP contribution in [0.2, 0.25) is 0 Å². The van der Waals surface area contributed by atoms with Crippen LogP contribution in [0, 0.1) is 0 Å². The number of nitrogens with one attached hydrogen (secondary N) is 1. The van der Waals surface area contributed by atoms with Crippen molar-refractivity contribution in [3.63, 3.8) is 0 Å². The molecule has 1 fully saturated rings. The highest BCUT2D eigenvalue weighted by atomic mass is 32.2. The lowest BCUT2D eigenvalue weighted by Gasteiger charge is -2.19. The van der Waals surface area contributed by atoms with Gasteiger partial charge in [0.15, 0.2) is 9.99 Å². The Morgan fingerprint density at radius 3 is 3.00 bits per heavy atom. The van der Waals surface area contributed by atoms with Crippen LogP contribution < -0.4 is 5.32 Å². The molecule has 0 unspecified atom stereocenters. The number of thioether (sulfide) groups is 1. The molecule has 0 aromatic carbocycles. The topological polar surface area (TPSA) is 53.9 Å². The van der Waals surface area contributed by atoms with E-state index in [2.05, 4.69) is 32.1 Å². The second-order valence-electron chi connectivity index (χ2n) is 4.85. The Morgan fingerprint density at radius 1 is 1.45 bits per heavy atom. The van der Waals surface area contributed by atoms with Gasteiger partial charge in [0.05, 0.1) is 0 Å². The normalized spacial score (nSPS) is 15.2. The number of anilines is 1. The standard InChI is InChI=1S/C13H19N5S2/c1-3-18(9-4-5-9)7-6-14-11-10-12(16-8-15-11)17-13(19-2)20-10/h8-9H,3-7H2,1-2H3,(H,14,15,16). The number of rotatable bonds is 7. The van der Waals surface area contributed by atoms with E-state index in [0.717, 1.165) is 46.2 Å². The van der Waals surface area contributed by atoms with Crippen LogP contribution in [-0.2, 0) is 0 Å². The van der Waals surface area contributed by atoms with E-state index < -0.39 is 0 Å². The minimum Gasteiger partial charge on any atom is -0.367 e. The quantitative estimate of drug-likeness (QED) is 0.794. The predicted octanol–water partition coefficient (Wildman–Crippen LogP) is 2.70. The third kappa shape index (κ3) is 3.05. The van der Waals surface area contributed by atoms with Crippen molar-refractivity contribution in [2.45, 2.75) is 30.1 Å². The van der Waals surface area contributed by atoms with E-state index in [1.54, 1.807) is 29.4 Å². The highest BCUT2D eigenvalue weighted by Gasteiger charge is 2.27. The van der Waals surface area contributed by atoms with Gasteiger partial charge >= 0.3 is 0 Å². The number of aromatic nitrogens is 3. The molecule has 1 aliphatic carbocycles. The minimum absolute atomic E-state index is 0.798. The van der Waals surface area contributed by atoms with Crippen LogP contribution in [0.4, 0.5) is 5.82 Å². The number of hydrogen-bond donors (Lipinski definition) is 1. The summed E-state index contributed by atoms with van der Waals surface area (Å²) < 4.78 is 2.10. The molecule has 0 atom stereocenters. The molecule has 2 aromatic rings. The zero-order valence-electron chi connectivity index (χ0n) is 11.8. The second-order valence-corrected chi connectivity index (χ2v) is 6.90. The molecule has 20 heavy (non-hydrogen) atoms. The summed E-state index contributed by atoms with van der Waals surface area (Å²) in [6, 6.07) is 0.818. The molecule has 1 aliphatic rings. The lowest BCUT2D eigenvalue weighted by atomic mass is 10.4. The molecule has 3 rings (SSSR count). The van der Waals surface area contributed by atoms with Crippen LogP contribution in [0.25, 0.3) is 10.3 Å². The molecule has 7 heteroatoms. The van der Waals surface area contributed by atoms with Gasteiger partial charge in [0.25, 0.3) is 0 Å². The molecule has 2 heterocycles. The molecule has 1 N–H and O–H groups in total. The van der Waals surface area contributed by atoms with Gasteiger partial charge in [0.1, 0.15) is 16.8 Å². The third-order valence-electron chi connectivity index (χ3n) is 3.51. The van der Waals surface area contributed by atoms with Gasteiger partial charge in [-0.05, 0) is 25.6 Å². The van der Waals surface area contributed by atoms with E-state index in [1.165, 1.54) is 12.8 Å². The molecule has 0 radical (unpaired) electrons. The van der Waals surface area contributed by atoms with Gasteiger partial charge < -0.3 is 5.32 Å². The van der Waals surface area contributed by atoms with E-state index >= 15 is 0 Å². The fourth-order valence-electron chi connectivity index (χ4n) is 2.30. The SMILES string of the molecule is CCN(CCNc1ncnc2nc(SC)sc12)C1CC1. The summed E-state index contributed by atoms with van der Waals surface area (Å²) in [4.78, 5) is 15.6. The molecular formula is C13H19N5S2. The van der Waals surface area contributed by atoms with Gasteiger partial charge in [-0.3, -0.25) is 4.90 Å². The maximum Gasteiger partial charge on any atom is 0.176 e. The Labute approximate surface area is 127 Å². The van der Waals surface area contributed by atoms with Crippen molar-refractivity contribution in [3.8, 4) is 0 Å². The molecule has 1 saturated carbocycles. The first-order valence-electron chi connectivity index (χ1n) is 6.95. The fraction of sp³-hybridized carbons (Fsp3) is 0.615. The number of fused-ring (bicyclic) bond motifs is 1. The molecule has 0 amide bonds. The summed E-state index contributed by atoms with van der Waals surface area (Å²) in [6.07, 6.45) is 6.34. The monoisotopic (exact) mass is 309 g/mol. The Bertz CT molecular complexity index is 581. The minimum atomic E-state index is 0.798. The van der Waals surface area contributed by atoms with Crippen LogP contribution in [0.15, 0.2) is 10.7 Å². The Kier molecular flexibility index (Phi) is 4.38. The molecule has 0 saturated heterocycles. The summed E-state index contributed by atoms with van der Waals surface area (Å²) in [6.45, 7) is 5.35. The smallest absolute Gasteiger partial charge is 0.176 e. The number of hydrogen-bond acceptors (Lipinski definition) is 7. The lowest BCUT2D eigenvalue weighted by molar-refractivity contribution is 0.289. The van der Waals surface area contributed by atoms with Crippen LogP contribution in [0.1, 0.15) is 19.8 Å². The molecule has 0 bridgehead atoms. The Morgan fingerprint density at radius 2 is 2.30 bits per heavy atom. The van der Waals surface area contributed by atoms with Crippen LogP contribution in [0.3, 0.4) is 0 Å². The van der Waals surface area contributed by atoms with E-state index in [1.807, 2.05) is 6.26 Å². The van der Waals surface area contributed by atoms with E-state index in [4.69, 9.17) is 0 Å². The van der Waals surface area contributed by atoms with Crippen molar-refractivity contribution in [1.82, 2.24) is 19.9 Å². The van der Waals surface area contributed by atoms with Gasteiger partial charge in [0.2, 0.25) is 0 Å². The average molecular weight is 309 g/mol. The molecular weight excluding hydrogens is 290 g/mol. The molecule has 0 aliphatic heterocycles. The van der Waals surface area contributed by atoms with Crippen LogP contribution >= 0.6 is 23.1 Å². The molecule has 108 valence electrons. The van der Waals surface area contributed by atoms with Crippen molar-refractivity contribution < 1.29 is 0 Å². The number of likely N-dealkylation sites (N-methyl/N-ethyl adjacent to an activating group) is 1. The molecule has 5 nitrogen and oxygen atoms in total. The molecule has 2 aromatic heterocycles. The van der Waals surface area contributed by atoms with Crippen LogP contribution in [-0.4, -0.2) is 51.8 Å². The largest absolute Gasteiger partial charge is 0.367 e. The summed E-state index contributed by atoms with van der Waals surface area (Å²) in [5, 5.41) is 3.44. The van der Waals surface area contributed by atoms with E-state index in [0.29, 0.717) is 0 Å². The Balaban J connectivity index is 1.66. The van der Waals surface area contributed by atoms with Crippen molar-refractivity contribution >= 4 is 39.3 Å². The third-order valence-corrected chi connectivity index (χ3v) is 5.54. The van der Waals surface area contributed by atoms with Gasteiger partial charge in [-0.25, -0.2) is 15.0 Å². The summed E-state index contributed by atoms with van der Waals surface area (Å²) in [7, 11) is 0. The zero-order valence-corrected chi connectivity index (χ0v) is 13.4. The summed E-state index contributed by atoms with van der Waals surface area (Å²) in [5.41, 5.74) is 0.798. The first-order valence-corrected chi connectivity index (χ1v) is 8.99. The lowest BCUT2D eigenvalue weighted by Crippen LogP contribution is -2.31. The average Bonchev–Trinajstić information content (AvgIpc) is 3.21. The van der Waals surface area contributed by atoms with Gasteiger partial charge in [-0.2, -0.15) is 0 Å². The van der Waals surface area contributed by atoms with Crippen molar-refractivity contribution in [1.29, 1.82) is 0 Å². The highest BCUT2D eigenvalue weighted by molar-refractivity contribution is 8.00. The number of nitrogens with zero attached hydrogens (tertiary/aromatic N) is 4. The van der Waals surface area contributed by atoms with Crippen LogP contribution in [0.5, 0.6) is 0 Å². The zero-order chi connectivity index (χ0) is 13.9. The van der Waals surface area contributed by atoms with E-state index in [9.17, 15) is 0 Å². The maximum atomic E-state index is 4.47. The van der Waals surface area contributed by atoms with Gasteiger partial charge in [-0.15, -0.1) is 11.3 Å². The highest BCUT2D eigenvalue weighted by Crippen LogP contribution is 2.31. The van der Waals surface area contributed by atoms with Gasteiger partial charge in [-0.1, -0.05) is 18.7 Å². The van der Waals surface area contributed by atoms with Gasteiger partial charge in [0, 0.05) is 19.1 Å². The van der Waals surface area contributed by atoms with E-state index in [-0.39, 0.29) is 0 Å². The second kappa shape index (κ2) is 6.24. The van der Waals surface area contributed by atoms with Crippen molar-refractivity contribution in [2.75, 3.05) is 31.2 Å². The molecule has 0 spiro atoms. The predicted molar refractivity (Wildman–Crippen MR) is 85.7 cm³/mol. The van der Waals surface area contributed by atoms with Crippen molar-refractivity contribution in [2.24, 2.45) is 0 Å². The maximum absolute atomic E-state index is 4.47.